The summed E-state index contributed by atoms with van der Waals surface area (Å²) in [5, 5.41) is 13.1. The maximum atomic E-state index is 13.9. The SMILES string of the molecule is CN(C)C(C)(C)CNC(=O)c1cc(F)cc([N+](=O)[O-])c1F. The van der Waals surface area contributed by atoms with E-state index in [0.717, 1.165) is 0 Å². The van der Waals surface area contributed by atoms with Gasteiger partial charge in [-0.05, 0) is 34.0 Å². The van der Waals surface area contributed by atoms with Gasteiger partial charge in [-0.1, -0.05) is 0 Å². The van der Waals surface area contributed by atoms with Crippen molar-refractivity contribution in [3.05, 3.63) is 39.4 Å². The van der Waals surface area contributed by atoms with E-state index in [1.807, 2.05) is 18.7 Å². The van der Waals surface area contributed by atoms with Crippen LogP contribution >= 0.6 is 0 Å². The third-order valence-corrected chi connectivity index (χ3v) is 3.35. The lowest BCUT2D eigenvalue weighted by atomic mass is 10.0. The molecule has 6 nitrogen and oxygen atoms in total. The summed E-state index contributed by atoms with van der Waals surface area (Å²) in [5.74, 6) is -3.29. The molecule has 0 bridgehead atoms. The van der Waals surface area contributed by atoms with Gasteiger partial charge in [0.15, 0.2) is 0 Å². The van der Waals surface area contributed by atoms with E-state index in [1.165, 1.54) is 0 Å². The molecule has 116 valence electrons. The van der Waals surface area contributed by atoms with Gasteiger partial charge in [0.2, 0.25) is 5.82 Å². The highest BCUT2D eigenvalue weighted by molar-refractivity contribution is 5.95. The van der Waals surface area contributed by atoms with Gasteiger partial charge >= 0.3 is 5.69 Å². The molecule has 0 aromatic heterocycles. The molecular formula is C13H17F2N3O3. The largest absolute Gasteiger partial charge is 0.350 e. The second kappa shape index (κ2) is 6.13. The molecule has 0 fully saturated rings. The maximum Gasteiger partial charge on any atom is 0.308 e. The molecule has 21 heavy (non-hydrogen) atoms. The summed E-state index contributed by atoms with van der Waals surface area (Å²) >= 11 is 0. The third kappa shape index (κ3) is 3.94. The van der Waals surface area contributed by atoms with Crippen molar-refractivity contribution >= 4 is 11.6 Å². The monoisotopic (exact) mass is 301 g/mol. The molecule has 1 aromatic rings. The summed E-state index contributed by atoms with van der Waals surface area (Å²) < 4.78 is 27.1. The number of nitrogens with zero attached hydrogens (tertiary/aromatic N) is 2. The Balaban J connectivity index is 3.01. The van der Waals surface area contributed by atoms with E-state index in [9.17, 15) is 23.7 Å². The zero-order chi connectivity index (χ0) is 16.4. The minimum Gasteiger partial charge on any atom is -0.350 e. The Bertz CT molecular complexity index is 574. The predicted octanol–water partition coefficient (Wildman–Crippen LogP) is 1.94. The van der Waals surface area contributed by atoms with E-state index in [4.69, 9.17) is 0 Å². The predicted molar refractivity (Wildman–Crippen MR) is 73.1 cm³/mol. The molecule has 1 amide bonds. The van der Waals surface area contributed by atoms with E-state index in [-0.39, 0.29) is 6.54 Å². The average Bonchev–Trinajstić information content (AvgIpc) is 2.37. The second-order valence-electron chi connectivity index (χ2n) is 5.43. The Morgan fingerprint density at radius 2 is 1.95 bits per heavy atom. The highest BCUT2D eigenvalue weighted by Gasteiger charge is 2.26. The van der Waals surface area contributed by atoms with Gasteiger partial charge in [-0.15, -0.1) is 0 Å². The fraction of sp³-hybridized carbons (Fsp3) is 0.462. The van der Waals surface area contributed by atoms with Crippen LogP contribution in [0.25, 0.3) is 0 Å². The van der Waals surface area contributed by atoms with Crippen molar-refractivity contribution in [2.45, 2.75) is 19.4 Å². The smallest absolute Gasteiger partial charge is 0.308 e. The molecule has 0 unspecified atom stereocenters. The Labute approximate surface area is 120 Å². The van der Waals surface area contributed by atoms with Crippen LogP contribution in [0.2, 0.25) is 0 Å². The van der Waals surface area contributed by atoms with Crippen LogP contribution in [-0.2, 0) is 0 Å². The van der Waals surface area contributed by atoms with Crippen LogP contribution in [0.5, 0.6) is 0 Å². The van der Waals surface area contributed by atoms with Crippen LogP contribution in [0, 0.1) is 21.7 Å². The molecule has 0 spiro atoms. The van der Waals surface area contributed by atoms with Gasteiger partial charge in [-0.3, -0.25) is 14.9 Å². The molecule has 0 radical (unpaired) electrons. The zero-order valence-electron chi connectivity index (χ0n) is 12.2. The van der Waals surface area contributed by atoms with Crippen molar-refractivity contribution in [1.29, 1.82) is 0 Å². The molecule has 0 saturated carbocycles. The molecule has 0 aliphatic rings. The quantitative estimate of drug-likeness (QED) is 0.666. The van der Waals surface area contributed by atoms with Crippen LogP contribution in [0.1, 0.15) is 24.2 Å². The van der Waals surface area contributed by atoms with Gasteiger partial charge in [0, 0.05) is 12.1 Å². The zero-order valence-corrected chi connectivity index (χ0v) is 12.2. The average molecular weight is 301 g/mol. The summed E-state index contributed by atoms with van der Waals surface area (Å²) in [6.45, 7) is 3.86. The van der Waals surface area contributed by atoms with Crippen molar-refractivity contribution in [2.75, 3.05) is 20.6 Å². The number of amides is 1. The van der Waals surface area contributed by atoms with E-state index in [1.54, 1.807) is 14.1 Å². The van der Waals surface area contributed by atoms with Gasteiger partial charge in [-0.25, -0.2) is 4.39 Å². The standard InChI is InChI=1S/C13H17F2N3O3/c1-13(2,17(3)4)7-16-12(19)9-5-8(14)6-10(11(9)15)18(20)21/h5-6H,7H2,1-4H3,(H,16,19). The molecule has 1 aromatic carbocycles. The summed E-state index contributed by atoms with van der Waals surface area (Å²) in [4.78, 5) is 23.3. The van der Waals surface area contributed by atoms with Crippen molar-refractivity contribution in [2.24, 2.45) is 0 Å². The molecule has 8 heteroatoms. The number of carbonyl (C=O) groups excluding carboxylic acids is 1. The fourth-order valence-electron chi connectivity index (χ4n) is 1.42. The molecule has 1 N–H and O–H groups in total. The molecule has 0 atom stereocenters. The van der Waals surface area contributed by atoms with Crippen molar-refractivity contribution < 1.29 is 18.5 Å². The molecule has 0 aliphatic heterocycles. The third-order valence-electron chi connectivity index (χ3n) is 3.35. The molecular weight excluding hydrogens is 284 g/mol. The number of carbonyl (C=O) groups is 1. The Morgan fingerprint density at radius 1 is 1.38 bits per heavy atom. The van der Waals surface area contributed by atoms with Gasteiger partial charge in [0.1, 0.15) is 5.82 Å². The lowest BCUT2D eigenvalue weighted by Crippen LogP contribution is -2.48. The first kappa shape index (κ1) is 17.0. The Kier molecular flexibility index (Phi) is 4.95. The van der Waals surface area contributed by atoms with Gasteiger partial charge in [0.25, 0.3) is 5.91 Å². The minimum absolute atomic E-state index is 0.169. The number of nitrogens with one attached hydrogen (secondary N) is 1. The number of halogens is 2. The number of likely N-dealkylation sites (N-methyl/N-ethyl adjacent to an activating group) is 1. The summed E-state index contributed by atoms with van der Waals surface area (Å²) in [5.41, 5.74) is -2.16. The van der Waals surface area contributed by atoms with Crippen LogP contribution < -0.4 is 5.32 Å². The number of benzene rings is 1. The lowest BCUT2D eigenvalue weighted by Gasteiger charge is -2.32. The molecule has 0 aliphatic carbocycles. The first-order valence-corrected chi connectivity index (χ1v) is 6.15. The number of hydrogen-bond acceptors (Lipinski definition) is 4. The number of nitro groups is 1. The number of rotatable bonds is 5. The molecule has 0 heterocycles. The number of nitro benzene ring substituents is 1. The topological polar surface area (TPSA) is 75.5 Å². The maximum absolute atomic E-state index is 13.9. The van der Waals surface area contributed by atoms with Gasteiger partial charge < -0.3 is 10.2 Å². The van der Waals surface area contributed by atoms with Gasteiger partial charge in [0.05, 0.1) is 16.6 Å². The summed E-state index contributed by atoms with van der Waals surface area (Å²) in [7, 11) is 3.61. The normalized spacial score (nSPS) is 11.6. The first-order valence-electron chi connectivity index (χ1n) is 6.15. The minimum atomic E-state index is -1.35. The van der Waals surface area contributed by atoms with Gasteiger partial charge in [-0.2, -0.15) is 4.39 Å². The second-order valence-corrected chi connectivity index (χ2v) is 5.43. The van der Waals surface area contributed by atoms with Crippen molar-refractivity contribution in [3.63, 3.8) is 0 Å². The summed E-state index contributed by atoms with van der Waals surface area (Å²) in [6, 6.07) is 1.08. The van der Waals surface area contributed by atoms with Crippen molar-refractivity contribution in [1.82, 2.24) is 10.2 Å². The highest BCUT2D eigenvalue weighted by atomic mass is 19.1. The van der Waals surface area contributed by atoms with E-state index in [2.05, 4.69) is 5.32 Å². The fourth-order valence-corrected chi connectivity index (χ4v) is 1.42. The Morgan fingerprint density at radius 3 is 2.43 bits per heavy atom. The van der Waals surface area contributed by atoms with Crippen LogP contribution in [0.15, 0.2) is 12.1 Å². The van der Waals surface area contributed by atoms with Crippen LogP contribution in [0.4, 0.5) is 14.5 Å². The first-order chi connectivity index (χ1) is 9.56. The summed E-state index contributed by atoms with van der Waals surface area (Å²) in [6.07, 6.45) is 0. The number of hydrogen-bond donors (Lipinski definition) is 1. The van der Waals surface area contributed by atoms with Crippen LogP contribution in [-0.4, -0.2) is 41.9 Å². The van der Waals surface area contributed by atoms with Crippen LogP contribution in [0.3, 0.4) is 0 Å². The Hall–Kier alpha value is -2.09. The van der Waals surface area contributed by atoms with E-state index in [0.29, 0.717) is 12.1 Å². The van der Waals surface area contributed by atoms with E-state index < -0.39 is 39.3 Å². The van der Waals surface area contributed by atoms with Crippen molar-refractivity contribution in [3.8, 4) is 0 Å². The lowest BCUT2D eigenvalue weighted by molar-refractivity contribution is -0.387. The molecule has 0 saturated heterocycles. The molecule has 1 rings (SSSR count). The highest BCUT2D eigenvalue weighted by Crippen LogP contribution is 2.22. The van der Waals surface area contributed by atoms with E-state index >= 15 is 0 Å².